The first-order chi connectivity index (χ1) is 26.3. The van der Waals surface area contributed by atoms with Crippen LogP contribution >= 0.6 is 0 Å². The van der Waals surface area contributed by atoms with Gasteiger partial charge in [0.15, 0.2) is 12.4 Å². The molecular formula is C44H76O10. The monoisotopic (exact) mass is 765 g/mol. The van der Waals surface area contributed by atoms with Gasteiger partial charge in [-0.05, 0) is 70.6 Å². The standard InChI is InChI=1S/C44H76O10/c1-3-5-7-9-11-13-15-17-19-21-23-25-27-29-31-33-40(47)53-37(36-52-44-43(50)42(49)41(48)38(34-45)54-44)35-51-39(46)32-30-28-26-24-22-20-18-16-14-12-10-8-6-4-2/h10-13,16-19,37-38,41-45,48-50H,3-9,14-15,20-36H2,1-2H3/b12-10-,13-11-,18-16-,19-17-. The summed E-state index contributed by atoms with van der Waals surface area (Å²) < 4.78 is 22.1. The van der Waals surface area contributed by atoms with Gasteiger partial charge >= 0.3 is 11.9 Å². The van der Waals surface area contributed by atoms with E-state index in [4.69, 9.17) is 18.9 Å². The van der Waals surface area contributed by atoms with Gasteiger partial charge in [0, 0.05) is 12.8 Å². The highest BCUT2D eigenvalue weighted by molar-refractivity contribution is 5.70. The Balaban J connectivity index is 2.39. The van der Waals surface area contributed by atoms with Crippen molar-refractivity contribution in [3.8, 4) is 0 Å². The zero-order valence-corrected chi connectivity index (χ0v) is 33.7. The van der Waals surface area contributed by atoms with E-state index < -0.39 is 55.4 Å². The van der Waals surface area contributed by atoms with Gasteiger partial charge in [-0.3, -0.25) is 9.59 Å². The minimum Gasteiger partial charge on any atom is -0.462 e. The molecular weight excluding hydrogens is 688 g/mol. The topological polar surface area (TPSA) is 152 Å². The highest BCUT2D eigenvalue weighted by Gasteiger charge is 2.44. The molecule has 10 nitrogen and oxygen atoms in total. The van der Waals surface area contributed by atoms with Gasteiger partial charge in [0.2, 0.25) is 0 Å². The van der Waals surface area contributed by atoms with Crippen LogP contribution in [0.5, 0.6) is 0 Å². The molecule has 1 fully saturated rings. The molecule has 0 bridgehead atoms. The Morgan fingerprint density at radius 2 is 1.06 bits per heavy atom. The Morgan fingerprint density at radius 1 is 0.574 bits per heavy atom. The molecule has 6 unspecified atom stereocenters. The number of ether oxygens (including phenoxy) is 4. The Labute approximate surface area is 327 Å². The van der Waals surface area contributed by atoms with Crippen LogP contribution in [-0.4, -0.2) is 89.0 Å². The van der Waals surface area contributed by atoms with Crippen LogP contribution in [-0.2, 0) is 28.5 Å². The minimum atomic E-state index is -1.60. The maximum Gasteiger partial charge on any atom is 0.306 e. The molecule has 1 heterocycles. The molecule has 4 N–H and O–H groups in total. The van der Waals surface area contributed by atoms with E-state index >= 15 is 0 Å². The van der Waals surface area contributed by atoms with Crippen LogP contribution in [0.1, 0.15) is 162 Å². The molecule has 0 saturated carbocycles. The number of carbonyl (C=O) groups is 2. The molecule has 54 heavy (non-hydrogen) atoms. The van der Waals surface area contributed by atoms with Crippen molar-refractivity contribution >= 4 is 11.9 Å². The van der Waals surface area contributed by atoms with E-state index in [0.717, 1.165) is 89.9 Å². The summed E-state index contributed by atoms with van der Waals surface area (Å²) in [6, 6.07) is 0. The molecule has 1 aliphatic rings. The van der Waals surface area contributed by atoms with E-state index in [-0.39, 0.29) is 26.1 Å². The molecule has 312 valence electrons. The molecule has 0 spiro atoms. The predicted octanol–water partition coefficient (Wildman–Crippen LogP) is 8.49. The van der Waals surface area contributed by atoms with Crippen molar-refractivity contribution in [2.24, 2.45) is 0 Å². The predicted molar refractivity (Wildman–Crippen MR) is 215 cm³/mol. The highest BCUT2D eigenvalue weighted by atomic mass is 16.7. The summed E-state index contributed by atoms with van der Waals surface area (Å²) in [4.78, 5) is 25.3. The van der Waals surface area contributed by atoms with E-state index in [1.807, 2.05) is 0 Å². The van der Waals surface area contributed by atoms with Crippen LogP contribution < -0.4 is 0 Å². The number of hydrogen-bond acceptors (Lipinski definition) is 10. The van der Waals surface area contributed by atoms with Crippen LogP contribution in [0.4, 0.5) is 0 Å². The zero-order valence-electron chi connectivity index (χ0n) is 33.7. The smallest absolute Gasteiger partial charge is 0.306 e. The lowest BCUT2D eigenvalue weighted by Crippen LogP contribution is -2.59. The number of aliphatic hydroxyl groups is 4. The molecule has 0 radical (unpaired) electrons. The summed E-state index contributed by atoms with van der Waals surface area (Å²) in [5, 5.41) is 40.0. The highest BCUT2D eigenvalue weighted by Crippen LogP contribution is 2.22. The van der Waals surface area contributed by atoms with Gasteiger partial charge in [0.1, 0.15) is 31.0 Å². The van der Waals surface area contributed by atoms with Gasteiger partial charge in [0.05, 0.1) is 13.2 Å². The van der Waals surface area contributed by atoms with Crippen molar-refractivity contribution in [1.82, 2.24) is 0 Å². The van der Waals surface area contributed by atoms with Crippen molar-refractivity contribution in [2.45, 2.75) is 198 Å². The number of rotatable bonds is 34. The fraction of sp³-hybridized carbons (Fsp3) is 0.773. The van der Waals surface area contributed by atoms with E-state index in [1.165, 1.54) is 32.1 Å². The second-order valence-electron chi connectivity index (χ2n) is 14.4. The first kappa shape index (κ1) is 49.7. The average Bonchev–Trinajstić information content (AvgIpc) is 3.17. The number of carbonyl (C=O) groups excluding carboxylic acids is 2. The van der Waals surface area contributed by atoms with Crippen LogP contribution in [0.25, 0.3) is 0 Å². The maximum absolute atomic E-state index is 12.7. The lowest BCUT2D eigenvalue weighted by Gasteiger charge is -2.39. The van der Waals surface area contributed by atoms with Crippen molar-refractivity contribution in [2.75, 3.05) is 19.8 Å². The fourth-order valence-electron chi connectivity index (χ4n) is 6.00. The summed E-state index contributed by atoms with van der Waals surface area (Å²) in [7, 11) is 0. The largest absolute Gasteiger partial charge is 0.462 e. The number of aliphatic hydroxyl groups excluding tert-OH is 4. The third-order valence-electron chi connectivity index (χ3n) is 9.44. The number of hydrogen-bond donors (Lipinski definition) is 4. The van der Waals surface area contributed by atoms with E-state index in [9.17, 15) is 30.0 Å². The van der Waals surface area contributed by atoms with Crippen molar-refractivity contribution in [3.05, 3.63) is 48.6 Å². The van der Waals surface area contributed by atoms with Crippen molar-refractivity contribution in [1.29, 1.82) is 0 Å². The van der Waals surface area contributed by atoms with E-state index in [0.29, 0.717) is 12.8 Å². The lowest BCUT2D eigenvalue weighted by molar-refractivity contribution is -0.305. The molecule has 10 heteroatoms. The van der Waals surface area contributed by atoms with Crippen molar-refractivity contribution in [3.63, 3.8) is 0 Å². The maximum atomic E-state index is 12.7. The summed E-state index contributed by atoms with van der Waals surface area (Å²) in [5.41, 5.74) is 0. The van der Waals surface area contributed by atoms with E-state index in [1.54, 1.807) is 0 Å². The molecule has 0 aromatic rings. The van der Waals surface area contributed by atoms with Crippen LogP contribution in [0.3, 0.4) is 0 Å². The van der Waals surface area contributed by atoms with Gasteiger partial charge < -0.3 is 39.4 Å². The number of esters is 2. The second kappa shape index (κ2) is 35.1. The summed E-state index contributed by atoms with van der Waals surface area (Å²) >= 11 is 0. The van der Waals surface area contributed by atoms with Gasteiger partial charge in [-0.2, -0.15) is 0 Å². The SMILES string of the molecule is CCCC/C=C\C/C=C\CCCCCCCC(=O)OCC(COC1OC(CO)C(O)C(O)C1O)OC(=O)CCCCCCC/C=C\C/C=C\CCCCC. The summed E-state index contributed by atoms with van der Waals surface area (Å²) in [6.07, 6.45) is 32.5. The van der Waals surface area contributed by atoms with E-state index in [2.05, 4.69) is 62.5 Å². The van der Waals surface area contributed by atoms with Gasteiger partial charge in [-0.15, -0.1) is 0 Å². The summed E-state index contributed by atoms with van der Waals surface area (Å²) in [6.45, 7) is 3.31. The Bertz CT molecular complexity index is 1020. The molecule has 1 aliphatic heterocycles. The average molecular weight is 765 g/mol. The molecule has 0 aromatic carbocycles. The molecule has 6 atom stereocenters. The third-order valence-corrected chi connectivity index (χ3v) is 9.44. The van der Waals surface area contributed by atoms with Crippen LogP contribution in [0, 0.1) is 0 Å². The van der Waals surface area contributed by atoms with Gasteiger partial charge in [0.25, 0.3) is 0 Å². The molecule has 0 amide bonds. The fourth-order valence-corrected chi connectivity index (χ4v) is 6.00. The molecule has 0 aromatic heterocycles. The van der Waals surface area contributed by atoms with Gasteiger partial charge in [-0.1, -0.05) is 127 Å². The second-order valence-corrected chi connectivity index (χ2v) is 14.4. The summed E-state index contributed by atoms with van der Waals surface area (Å²) in [5.74, 6) is -0.843. The first-order valence-corrected chi connectivity index (χ1v) is 21.2. The molecule has 0 aliphatic carbocycles. The lowest BCUT2D eigenvalue weighted by atomic mass is 9.99. The first-order valence-electron chi connectivity index (χ1n) is 21.2. The molecule has 1 rings (SSSR count). The number of allylic oxidation sites excluding steroid dienone is 8. The van der Waals surface area contributed by atoms with Crippen LogP contribution in [0.2, 0.25) is 0 Å². The number of unbranched alkanes of at least 4 members (excludes halogenated alkanes) is 15. The van der Waals surface area contributed by atoms with Crippen LogP contribution in [0.15, 0.2) is 48.6 Å². The van der Waals surface area contributed by atoms with Gasteiger partial charge in [-0.25, -0.2) is 0 Å². The minimum absolute atomic E-state index is 0.209. The van der Waals surface area contributed by atoms with Crippen molar-refractivity contribution < 1.29 is 49.0 Å². The molecule has 1 saturated heterocycles. The Kier molecular flexibility index (Phi) is 32.3. The Hall–Kier alpha value is -2.34. The third kappa shape index (κ3) is 26.5. The Morgan fingerprint density at radius 3 is 1.59 bits per heavy atom. The normalized spacial score (nSPS) is 21.2. The quantitative estimate of drug-likeness (QED) is 0.0285. The zero-order chi connectivity index (χ0) is 39.5.